The average Bonchev–Trinajstić information content (AvgIpc) is 2.85. The Kier molecular flexibility index (Phi) is 4.03. The van der Waals surface area contributed by atoms with Gasteiger partial charge in [-0.2, -0.15) is 0 Å². The highest BCUT2D eigenvalue weighted by atomic mass is 16.5. The highest BCUT2D eigenvalue weighted by Crippen LogP contribution is 2.29. The number of ether oxygens (including phenoxy) is 2. The number of Topliss-reactive ketones (excluding diaryl/α,β-unsaturated/α-hetero) is 1. The fourth-order valence-electron chi connectivity index (χ4n) is 2.82. The van der Waals surface area contributed by atoms with Crippen molar-refractivity contribution in [3.8, 4) is 5.75 Å². The molecule has 4 heteroatoms. The molecule has 0 spiro atoms. The van der Waals surface area contributed by atoms with Crippen LogP contribution in [0.4, 0.5) is 0 Å². The lowest BCUT2D eigenvalue weighted by molar-refractivity contribution is 0.0370. The molecule has 0 radical (unpaired) electrons. The van der Waals surface area contributed by atoms with Crippen molar-refractivity contribution in [3.05, 3.63) is 29.3 Å². The van der Waals surface area contributed by atoms with Crippen molar-refractivity contribution in [2.24, 2.45) is 0 Å². The fourth-order valence-corrected chi connectivity index (χ4v) is 2.82. The lowest BCUT2D eigenvalue weighted by Gasteiger charge is -2.26. The predicted octanol–water partition coefficient (Wildman–Crippen LogP) is 1.92. The number of rotatable bonds is 4. The third-order valence-electron chi connectivity index (χ3n) is 3.98. The molecule has 1 atom stereocenters. The average molecular weight is 275 g/mol. The zero-order chi connectivity index (χ0) is 13.9. The standard InChI is InChI=1S/C16H21NO3/c1-12-10-14-11-13(2-3-16(14)20-12)15(18)4-5-17-6-8-19-9-7-17/h2-3,11-12H,4-10H2,1H3/t12-/m1/s1. The van der Waals surface area contributed by atoms with Crippen LogP contribution in [0.15, 0.2) is 18.2 Å². The van der Waals surface area contributed by atoms with Crippen molar-refractivity contribution >= 4 is 5.78 Å². The maximum atomic E-state index is 12.3. The molecule has 0 saturated carbocycles. The van der Waals surface area contributed by atoms with Crippen LogP contribution >= 0.6 is 0 Å². The van der Waals surface area contributed by atoms with E-state index in [-0.39, 0.29) is 11.9 Å². The van der Waals surface area contributed by atoms with Crippen LogP contribution in [0.1, 0.15) is 29.3 Å². The molecule has 0 amide bonds. The fraction of sp³-hybridized carbons (Fsp3) is 0.562. The molecule has 2 aliphatic rings. The zero-order valence-corrected chi connectivity index (χ0v) is 11.9. The van der Waals surface area contributed by atoms with Gasteiger partial charge in [0.2, 0.25) is 0 Å². The summed E-state index contributed by atoms with van der Waals surface area (Å²) in [6, 6.07) is 5.82. The Hall–Kier alpha value is -1.39. The third-order valence-corrected chi connectivity index (χ3v) is 3.98. The number of morpholine rings is 1. The topological polar surface area (TPSA) is 38.8 Å². The van der Waals surface area contributed by atoms with Gasteiger partial charge in [0.05, 0.1) is 13.2 Å². The summed E-state index contributed by atoms with van der Waals surface area (Å²) in [5.41, 5.74) is 1.98. The van der Waals surface area contributed by atoms with Gasteiger partial charge in [0.25, 0.3) is 0 Å². The van der Waals surface area contributed by atoms with Crippen molar-refractivity contribution < 1.29 is 14.3 Å². The number of carbonyl (C=O) groups excluding carboxylic acids is 1. The molecule has 1 fully saturated rings. The molecule has 0 aromatic heterocycles. The Morgan fingerprint density at radius 2 is 2.15 bits per heavy atom. The molecule has 108 valence electrons. The zero-order valence-electron chi connectivity index (χ0n) is 11.9. The molecular formula is C16H21NO3. The SMILES string of the molecule is C[C@@H]1Cc2cc(C(=O)CCN3CCOCC3)ccc2O1. The van der Waals surface area contributed by atoms with Gasteiger partial charge in [-0.25, -0.2) is 0 Å². The Morgan fingerprint density at radius 3 is 2.95 bits per heavy atom. The summed E-state index contributed by atoms with van der Waals surface area (Å²) in [7, 11) is 0. The van der Waals surface area contributed by atoms with E-state index in [1.165, 1.54) is 0 Å². The number of hydrogen-bond donors (Lipinski definition) is 0. The van der Waals surface area contributed by atoms with Crippen LogP contribution in [0.5, 0.6) is 5.75 Å². The summed E-state index contributed by atoms with van der Waals surface area (Å²) < 4.78 is 11.0. The quantitative estimate of drug-likeness (QED) is 0.787. The van der Waals surface area contributed by atoms with Gasteiger partial charge in [0, 0.05) is 38.0 Å². The largest absolute Gasteiger partial charge is 0.490 e. The molecular weight excluding hydrogens is 254 g/mol. The number of nitrogens with zero attached hydrogens (tertiary/aromatic N) is 1. The molecule has 3 rings (SSSR count). The van der Waals surface area contributed by atoms with Crippen LogP contribution in [-0.4, -0.2) is 49.6 Å². The summed E-state index contributed by atoms with van der Waals surface area (Å²) in [5, 5.41) is 0. The first-order valence-corrected chi connectivity index (χ1v) is 7.35. The second-order valence-electron chi connectivity index (χ2n) is 5.58. The van der Waals surface area contributed by atoms with Crippen molar-refractivity contribution in [1.29, 1.82) is 0 Å². The lowest BCUT2D eigenvalue weighted by atomic mass is 10.0. The molecule has 0 unspecified atom stereocenters. The Labute approximate surface area is 119 Å². The second kappa shape index (κ2) is 5.94. The van der Waals surface area contributed by atoms with Crippen LogP contribution in [0.3, 0.4) is 0 Å². The highest BCUT2D eigenvalue weighted by molar-refractivity contribution is 5.96. The molecule has 2 heterocycles. The minimum Gasteiger partial charge on any atom is -0.490 e. The normalized spacial score (nSPS) is 22.4. The highest BCUT2D eigenvalue weighted by Gasteiger charge is 2.20. The Bertz CT molecular complexity index is 494. The first kappa shape index (κ1) is 13.6. The van der Waals surface area contributed by atoms with Gasteiger partial charge in [0.15, 0.2) is 5.78 Å². The lowest BCUT2D eigenvalue weighted by Crippen LogP contribution is -2.37. The van der Waals surface area contributed by atoms with Gasteiger partial charge in [0.1, 0.15) is 11.9 Å². The number of fused-ring (bicyclic) bond motifs is 1. The molecule has 0 bridgehead atoms. The summed E-state index contributed by atoms with van der Waals surface area (Å²) in [4.78, 5) is 14.6. The van der Waals surface area contributed by atoms with Gasteiger partial charge >= 0.3 is 0 Å². The van der Waals surface area contributed by atoms with E-state index in [4.69, 9.17) is 9.47 Å². The van der Waals surface area contributed by atoms with Crippen LogP contribution in [0.25, 0.3) is 0 Å². The predicted molar refractivity (Wildman–Crippen MR) is 76.4 cm³/mol. The molecule has 1 aromatic carbocycles. The Morgan fingerprint density at radius 1 is 1.35 bits per heavy atom. The van der Waals surface area contributed by atoms with E-state index in [9.17, 15) is 4.79 Å². The summed E-state index contributed by atoms with van der Waals surface area (Å²) in [6.07, 6.45) is 1.71. The second-order valence-corrected chi connectivity index (χ2v) is 5.58. The first-order valence-electron chi connectivity index (χ1n) is 7.35. The molecule has 2 aliphatic heterocycles. The van der Waals surface area contributed by atoms with E-state index in [1.54, 1.807) is 0 Å². The molecule has 1 saturated heterocycles. The molecule has 20 heavy (non-hydrogen) atoms. The van der Waals surface area contributed by atoms with Crippen molar-refractivity contribution in [2.75, 3.05) is 32.8 Å². The monoisotopic (exact) mass is 275 g/mol. The summed E-state index contributed by atoms with van der Waals surface area (Å²) >= 11 is 0. The number of ketones is 1. The maximum absolute atomic E-state index is 12.3. The van der Waals surface area contributed by atoms with E-state index in [0.29, 0.717) is 6.42 Å². The van der Waals surface area contributed by atoms with Gasteiger partial charge in [-0.1, -0.05) is 0 Å². The minimum absolute atomic E-state index is 0.221. The smallest absolute Gasteiger partial charge is 0.164 e. The van der Waals surface area contributed by atoms with E-state index in [2.05, 4.69) is 11.8 Å². The van der Waals surface area contributed by atoms with E-state index in [0.717, 1.165) is 56.1 Å². The molecule has 0 aliphatic carbocycles. The van der Waals surface area contributed by atoms with Crippen molar-refractivity contribution in [2.45, 2.75) is 25.9 Å². The van der Waals surface area contributed by atoms with Crippen LogP contribution in [-0.2, 0) is 11.2 Å². The van der Waals surface area contributed by atoms with Gasteiger partial charge in [-0.3, -0.25) is 9.69 Å². The van der Waals surface area contributed by atoms with Gasteiger partial charge in [-0.15, -0.1) is 0 Å². The van der Waals surface area contributed by atoms with E-state index < -0.39 is 0 Å². The summed E-state index contributed by atoms with van der Waals surface area (Å²) in [5.74, 6) is 1.15. The molecule has 1 aromatic rings. The third kappa shape index (κ3) is 3.02. The van der Waals surface area contributed by atoms with E-state index >= 15 is 0 Å². The van der Waals surface area contributed by atoms with Crippen molar-refractivity contribution in [3.63, 3.8) is 0 Å². The van der Waals surface area contributed by atoms with Gasteiger partial charge < -0.3 is 9.47 Å². The van der Waals surface area contributed by atoms with Crippen LogP contribution < -0.4 is 4.74 Å². The van der Waals surface area contributed by atoms with Crippen molar-refractivity contribution in [1.82, 2.24) is 4.90 Å². The first-order chi connectivity index (χ1) is 9.72. The number of hydrogen-bond acceptors (Lipinski definition) is 4. The molecule has 4 nitrogen and oxygen atoms in total. The summed E-state index contributed by atoms with van der Waals surface area (Å²) in [6.45, 7) is 6.31. The minimum atomic E-state index is 0.221. The van der Waals surface area contributed by atoms with E-state index in [1.807, 2.05) is 18.2 Å². The van der Waals surface area contributed by atoms with Crippen LogP contribution in [0, 0.1) is 0 Å². The molecule has 0 N–H and O–H groups in total. The maximum Gasteiger partial charge on any atom is 0.164 e. The Balaban J connectivity index is 1.58. The number of benzene rings is 1. The van der Waals surface area contributed by atoms with Crippen LogP contribution in [0.2, 0.25) is 0 Å². The number of carbonyl (C=O) groups is 1. The van der Waals surface area contributed by atoms with Gasteiger partial charge in [-0.05, 0) is 30.7 Å².